The third kappa shape index (κ3) is 4.68. The molecular formula is C28H33NO4. The van der Waals surface area contributed by atoms with E-state index in [1.807, 2.05) is 38.1 Å². The Balaban J connectivity index is 1.79. The fraction of sp³-hybridized carbons (Fsp3) is 0.429. The highest BCUT2D eigenvalue weighted by molar-refractivity contribution is 6.46. The standard InChI is InChI=1S/C28H33NO4/c1-4-19-10-12-20(13-11-19)25-24(26(30)21-14-16-23(17-15-21)33-18(2)3)27(31)28(32)29(25)22-8-6-5-7-9-22/h10-18,22,25,30H,4-9H2,1-3H3/b26-24-. The quantitative estimate of drug-likeness (QED) is 0.346. The maximum absolute atomic E-state index is 13.3. The molecule has 4 rings (SSSR count). The Morgan fingerprint density at radius 1 is 1.00 bits per heavy atom. The lowest BCUT2D eigenvalue weighted by molar-refractivity contribution is -0.141. The van der Waals surface area contributed by atoms with Gasteiger partial charge in [-0.15, -0.1) is 0 Å². The highest BCUT2D eigenvalue weighted by Gasteiger charge is 2.48. The van der Waals surface area contributed by atoms with Crippen LogP contribution in [0, 0.1) is 0 Å². The van der Waals surface area contributed by atoms with Crippen molar-refractivity contribution >= 4 is 17.4 Å². The summed E-state index contributed by atoms with van der Waals surface area (Å²) in [7, 11) is 0. The summed E-state index contributed by atoms with van der Waals surface area (Å²) >= 11 is 0. The number of amides is 1. The number of ether oxygens (including phenoxy) is 1. The van der Waals surface area contributed by atoms with E-state index in [0.29, 0.717) is 11.3 Å². The number of nitrogens with zero attached hydrogens (tertiary/aromatic N) is 1. The second-order valence-electron chi connectivity index (χ2n) is 9.28. The van der Waals surface area contributed by atoms with E-state index in [4.69, 9.17) is 4.74 Å². The minimum absolute atomic E-state index is 0.0122. The largest absolute Gasteiger partial charge is 0.507 e. The van der Waals surface area contributed by atoms with Gasteiger partial charge < -0.3 is 14.7 Å². The lowest BCUT2D eigenvalue weighted by Crippen LogP contribution is -2.40. The molecule has 1 N–H and O–H groups in total. The van der Waals surface area contributed by atoms with Gasteiger partial charge in [0.2, 0.25) is 0 Å². The number of benzene rings is 2. The number of likely N-dealkylation sites (tertiary alicyclic amines) is 1. The number of carbonyl (C=O) groups excluding carboxylic acids is 2. The number of hydrogen-bond donors (Lipinski definition) is 1. The van der Waals surface area contributed by atoms with Crippen molar-refractivity contribution in [2.75, 3.05) is 0 Å². The number of hydrogen-bond acceptors (Lipinski definition) is 4. The smallest absolute Gasteiger partial charge is 0.295 e. The SMILES string of the molecule is CCc1ccc(C2/C(=C(/O)c3ccc(OC(C)C)cc3)C(=O)C(=O)N2C2CCCCC2)cc1. The van der Waals surface area contributed by atoms with Crippen LogP contribution in [0.5, 0.6) is 5.75 Å². The zero-order valence-electron chi connectivity index (χ0n) is 19.7. The number of ketones is 1. The summed E-state index contributed by atoms with van der Waals surface area (Å²) in [5.41, 5.74) is 2.72. The lowest BCUT2D eigenvalue weighted by Gasteiger charge is -2.35. The molecule has 2 aliphatic rings. The molecule has 1 aliphatic heterocycles. The molecule has 2 aromatic carbocycles. The summed E-state index contributed by atoms with van der Waals surface area (Å²) in [6.07, 6.45) is 5.97. The number of aliphatic hydroxyl groups excluding tert-OH is 1. The van der Waals surface area contributed by atoms with Gasteiger partial charge in [0, 0.05) is 11.6 Å². The molecular weight excluding hydrogens is 414 g/mol. The van der Waals surface area contributed by atoms with Crippen LogP contribution in [-0.4, -0.2) is 33.8 Å². The first-order chi connectivity index (χ1) is 15.9. The van der Waals surface area contributed by atoms with E-state index in [2.05, 4.69) is 6.92 Å². The molecule has 33 heavy (non-hydrogen) atoms. The highest BCUT2D eigenvalue weighted by Crippen LogP contribution is 2.43. The van der Waals surface area contributed by atoms with Crippen molar-refractivity contribution in [3.63, 3.8) is 0 Å². The second kappa shape index (κ2) is 9.82. The minimum atomic E-state index is -0.606. The molecule has 0 aromatic heterocycles. The monoisotopic (exact) mass is 447 g/mol. The first kappa shape index (κ1) is 23.1. The van der Waals surface area contributed by atoms with Crippen molar-refractivity contribution in [3.8, 4) is 5.75 Å². The molecule has 1 unspecified atom stereocenters. The van der Waals surface area contributed by atoms with Crippen LogP contribution in [0.15, 0.2) is 54.1 Å². The summed E-state index contributed by atoms with van der Waals surface area (Å²) in [6.45, 7) is 5.99. The van der Waals surface area contributed by atoms with E-state index in [0.717, 1.165) is 44.1 Å². The number of aliphatic hydroxyl groups is 1. The molecule has 0 spiro atoms. The Labute approximate surface area is 196 Å². The first-order valence-electron chi connectivity index (χ1n) is 12.1. The van der Waals surface area contributed by atoms with E-state index in [1.165, 1.54) is 5.56 Å². The normalized spacial score (nSPS) is 21.1. The van der Waals surface area contributed by atoms with Gasteiger partial charge in [-0.1, -0.05) is 50.5 Å². The molecule has 1 saturated carbocycles. The molecule has 1 heterocycles. The van der Waals surface area contributed by atoms with Crippen molar-refractivity contribution in [3.05, 3.63) is 70.8 Å². The second-order valence-corrected chi connectivity index (χ2v) is 9.28. The van der Waals surface area contributed by atoms with Crippen LogP contribution in [0.25, 0.3) is 5.76 Å². The van der Waals surface area contributed by atoms with Gasteiger partial charge >= 0.3 is 0 Å². The van der Waals surface area contributed by atoms with Crippen LogP contribution >= 0.6 is 0 Å². The van der Waals surface area contributed by atoms with Gasteiger partial charge in [0.1, 0.15) is 11.5 Å². The van der Waals surface area contributed by atoms with Gasteiger partial charge in [0.15, 0.2) is 0 Å². The molecule has 1 amide bonds. The average Bonchev–Trinajstić information content (AvgIpc) is 3.10. The number of rotatable bonds is 6. The Bertz CT molecular complexity index is 1030. The Hall–Kier alpha value is -3.08. The third-order valence-electron chi connectivity index (χ3n) is 6.65. The molecule has 5 heteroatoms. The van der Waals surface area contributed by atoms with Crippen LogP contribution in [0.4, 0.5) is 0 Å². The molecule has 2 fully saturated rings. The summed E-state index contributed by atoms with van der Waals surface area (Å²) in [6, 6.07) is 14.5. The Morgan fingerprint density at radius 2 is 1.64 bits per heavy atom. The number of aryl methyl sites for hydroxylation is 1. The van der Waals surface area contributed by atoms with E-state index in [9.17, 15) is 14.7 Å². The van der Waals surface area contributed by atoms with Crippen molar-refractivity contribution in [1.29, 1.82) is 0 Å². The fourth-order valence-corrected chi connectivity index (χ4v) is 4.97. The molecule has 0 radical (unpaired) electrons. The topological polar surface area (TPSA) is 66.8 Å². The maximum atomic E-state index is 13.3. The van der Waals surface area contributed by atoms with Crippen molar-refractivity contribution in [2.45, 2.75) is 77.5 Å². The summed E-state index contributed by atoms with van der Waals surface area (Å²) < 4.78 is 5.69. The van der Waals surface area contributed by atoms with Gasteiger partial charge in [-0.2, -0.15) is 0 Å². The van der Waals surface area contributed by atoms with Gasteiger partial charge in [-0.3, -0.25) is 9.59 Å². The Morgan fingerprint density at radius 3 is 2.21 bits per heavy atom. The van der Waals surface area contributed by atoms with E-state index < -0.39 is 17.7 Å². The molecule has 0 bridgehead atoms. The molecule has 5 nitrogen and oxygen atoms in total. The number of Topliss-reactive ketones (excluding diaryl/α,β-unsaturated/α-hetero) is 1. The summed E-state index contributed by atoms with van der Waals surface area (Å²) in [5, 5.41) is 11.3. The zero-order valence-corrected chi connectivity index (χ0v) is 19.7. The van der Waals surface area contributed by atoms with Crippen molar-refractivity contribution < 1.29 is 19.4 Å². The molecule has 1 aliphatic carbocycles. The minimum Gasteiger partial charge on any atom is -0.507 e. The first-order valence-corrected chi connectivity index (χ1v) is 12.1. The van der Waals surface area contributed by atoms with Crippen LogP contribution in [0.2, 0.25) is 0 Å². The summed E-state index contributed by atoms with van der Waals surface area (Å²) in [5.74, 6) is -0.554. The van der Waals surface area contributed by atoms with Crippen LogP contribution in [0.3, 0.4) is 0 Å². The maximum Gasteiger partial charge on any atom is 0.295 e. The zero-order chi connectivity index (χ0) is 23.5. The van der Waals surface area contributed by atoms with Crippen LogP contribution in [-0.2, 0) is 16.0 Å². The van der Waals surface area contributed by atoms with Crippen LogP contribution < -0.4 is 4.74 Å². The molecule has 2 aromatic rings. The van der Waals surface area contributed by atoms with E-state index in [-0.39, 0.29) is 23.5 Å². The van der Waals surface area contributed by atoms with Crippen LogP contribution in [0.1, 0.15) is 75.6 Å². The third-order valence-corrected chi connectivity index (χ3v) is 6.65. The molecule has 1 saturated heterocycles. The number of carbonyl (C=O) groups is 2. The predicted octanol–water partition coefficient (Wildman–Crippen LogP) is 5.79. The van der Waals surface area contributed by atoms with E-state index >= 15 is 0 Å². The lowest BCUT2D eigenvalue weighted by atomic mass is 9.90. The summed E-state index contributed by atoms with van der Waals surface area (Å²) in [4.78, 5) is 28.2. The Kier molecular flexibility index (Phi) is 6.87. The van der Waals surface area contributed by atoms with Gasteiger partial charge in [0.05, 0.1) is 17.7 Å². The predicted molar refractivity (Wildman–Crippen MR) is 129 cm³/mol. The van der Waals surface area contributed by atoms with Gasteiger partial charge in [0.25, 0.3) is 11.7 Å². The van der Waals surface area contributed by atoms with E-state index in [1.54, 1.807) is 29.2 Å². The van der Waals surface area contributed by atoms with Gasteiger partial charge in [-0.05, 0) is 68.5 Å². The van der Waals surface area contributed by atoms with Gasteiger partial charge in [-0.25, -0.2) is 0 Å². The highest BCUT2D eigenvalue weighted by atomic mass is 16.5. The molecule has 174 valence electrons. The van der Waals surface area contributed by atoms with Crippen molar-refractivity contribution in [1.82, 2.24) is 4.90 Å². The fourth-order valence-electron chi connectivity index (χ4n) is 4.97. The van der Waals surface area contributed by atoms with Crippen molar-refractivity contribution in [2.24, 2.45) is 0 Å². The molecule has 1 atom stereocenters. The average molecular weight is 448 g/mol.